The van der Waals surface area contributed by atoms with Gasteiger partial charge in [-0.05, 0) is 89.8 Å². The summed E-state index contributed by atoms with van der Waals surface area (Å²) in [5, 5.41) is 5.37. The molecule has 4 atom stereocenters. The van der Waals surface area contributed by atoms with Gasteiger partial charge in [-0.15, -0.1) is 0 Å². The van der Waals surface area contributed by atoms with Gasteiger partial charge in [-0.3, -0.25) is 0 Å². The molecule has 2 rings (SSSR count). The van der Waals surface area contributed by atoms with E-state index in [-0.39, 0.29) is 10.8 Å². The fourth-order valence-corrected chi connectivity index (χ4v) is 6.16. The Kier molecular flexibility index (Phi) is 13.0. The molecule has 0 saturated carbocycles. The van der Waals surface area contributed by atoms with E-state index in [0.29, 0.717) is 17.8 Å². The molecule has 0 aliphatic carbocycles. The van der Waals surface area contributed by atoms with Crippen LogP contribution in [0.4, 0.5) is 0 Å². The first kappa shape index (κ1) is 31.3. The highest BCUT2D eigenvalue weighted by Crippen LogP contribution is 2.35. The number of benzene rings is 2. The monoisotopic (exact) mass is 615 g/mol. The largest absolute Gasteiger partial charge is 0.238 e. The molecule has 0 radical (unpaired) electrons. The summed E-state index contributed by atoms with van der Waals surface area (Å²) in [7, 11) is -3.69. The predicted molar refractivity (Wildman–Crippen MR) is 154 cm³/mol. The van der Waals surface area contributed by atoms with E-state index in [1.165, 1.54) is 28.4 Å². The molecule has 3 nitrogen and oxygen atoms in total. The summed E-state index contributed by atoms with van der Waals surface area (Å²) >= 11 is 7.24. The van der Waals surface area contributed by atoms with E-state index >= 15 is 0 Å². The third-order valence-corrected chi connectivity index (χ3v) is 9.41. The number of hydrogen-bond donors (Lipinski definition) is 1. The summed E-state index contributed by atoms with van der Waals surface area (Å²) in [6.07, 6.45) is 4.22. The first-order chi connectivity index (χ1) is 15.8. The van der Waals surface area contributed by atoms with Crippen LogP contribution in [0.2, 0.25) is 0 Å². The Labute approximate surface area is 225 Å². The standard InChI is InChI=1S/C14H22BrNO2S.C14H21Br/c1-5-9(3)11-8-14(19(16,17)18)12(7-13(11)15)10(4)6-2;1-5-10(3)12-7-8-13(11(4)6-2)14(15)9-12/h7-10H,5-6H2,1-4H3,(H2,16,17,18);7-11H,5-6H2,1-4H3. The van der Waals surface area contributed by atoms with Gasteiger partial charge in [0, 0.05) is 8.95 Å². The second-order valence-electron chi connectivity index (χ2n) is 9.47. The highest BCUT2D eigenvalue weighted by atomic mass is 79.9. The highest BCUT2D eigenvalue weighted by Gasteiger charge is 2.21. The minimum atomic E-state index is -3.69. The molecule has 0 spiro atoms. The van der Waals surface area contributed by atoms with Gasteiger partial charge in [0.2, 0.25) is 10.0 Å². The quantitative estimate of drug-likeness (QED) is 0.305. The van der Waals surface area contributed by atoms with Gasteiger partial charge in [0.25, 0.3) is 0 Å². The van der Waals surface area contributed by atoms with Crippen molar-refractivity contribution in [3.05, 3.63) is 61.5 Å². The van der Waals surface area contributed by atoms with Crippen LogP contribution in [0.15, 0.2) is 44.2 Å². The average Bonchev–Trinajstić information content (AvgIpc) is 2.81. The van der Waals surface area contributed by atoms with Crippen LogP contribution in [0.5, 0.6) is 0 Å². The van der Waals surface area contributed by atoms with Crippen LogP contribution in [-0.4, -0.2) is 8.42 Å². The molecule has 0 aromatic heterocycles. The van der Waals surface area contributed by atoms with Crippen molar-refractivity contribution in [1.82, 2.24) is 0 Å². The number of hydrogen-bond acceptors (Lipinski definition) is 2. The van der Waals surface area contributed by atoms with Gasteiger partial charge in [-0.1, -0.05) is 99.4 Å². The third kappa shape index (κ3) is 8.46. The van der Waals surface area contributed by atoms with Gasteiger partial charge < -0.3 is 0 Å². The number of rotatable bonds is 9. The van der Waals surface area contributed by atoms with Gasteiger partial charge in [0.1, 0.15) is 0 Å². The lowest BCUT2D eigenvalue weighted by Crippen LogP contribution is -2.16. The molecule has 0 aliphatic rings. The molecule has 0 saturated heterocycles. The van der Waals surface area contributed by atoms with Crippen LogP contribution in [0.1, 0.15) is 127 Å². The van der Waals surface area contributed by atoms with Gasteiger partial charge in [-0.25, -0.2) is 13.6 Å². The topological polar surface area (TPSA) is 60.2 Å². The summed E-state index contributed by atoms with van der Waals surface area (Å²) in [6.45, 7) is 17.2. The Morgan fingerprint density at radius 1 is 0.676 bits per heavy atom. The van der Waals surface area contributed by atoms with Crippen LogP contribution in [-0.2, 0) is 10.0 Å². The molecule has 0 heterocycles. The first-order valence-electron chi connectivity index (χ1n) is 12.5. The van der Waals surface area contributed by atoms with Crippen LogP contribution < -0.4 is 5.14 Å². The molecule has 2 aromatic rings. The summed E-state index contributed by atoms with van der Waals surface area (Å²) < 4.78 is 25.9. The van der Waals surface area contributed by atoms with Crippen LogP contribution in [0.25, 0.3) is 0 Å². The fourth-order valence-electron chi connectivity index (χ4n) is 3.74. The Morgan fingerprint density at radius 2 is 1.12 bits per heavy atom. The lowest BCUT2D eigenvalue weighted by molar-refractivity contribution is 0.593. The lowest BCUT2D eigenvalue weighted by Gasteiger charge is -2.19. The van der Waals surface area contributed by atoms with Crippen molar-refractivity contribution >= 4 is 41.9 Å². The second kappa shape index (κ2) is 14.2. The Morgan fingerprint density at radius 3 is 1.56 bits per heavy atom. The highest BCUT2D eigenvalue weighted by molar-refractivity contribution is 9.10. The molecule has 6 heteroatoms. The normalized spacial score (nSPS) is 15.1. The maximum absolute atomic E-state index is 11.8. The molecule has 0 aliphatic heterocycles. The molecular formula is C28H43Br2NO2S. The molecule has 0 bridgehead atoms. The molecule has 0 fully saturated rings. The van der Waals surface area contributed by atoms with E-state index in [0.717, 1.165) is 28.4 Å². The number of nitrogens with two attached hydrogens (primary N) is 1. The van der Waals surface area contributed by atoms with E-state index in [9.17, 15) is 8.42 Å². The summed E-state index contributed by atoms with van der Waals surface area (Å²) in [5.41, 5.74) is 4.67. The lowest BCUT2D eigenvalue weighted by atomic mass is 9.93. The second-order valence-corrected chi connectivity index (χ2v) is 12.7. The van der Waals surface area contributed by atoms with E-state index < -0.39 is 10.0 Å². The SMILES string of the molecule is CCC(C)c1cc(S(N)(=O)=O)c(C(C)CC)cc1Br.CCC(C)c1ccc(C(C)CC)c(Br)c1. The fraction of sp³-hybridized carbons (Fsp3) is 0.571. The zero-order valence-electron chi connectivity index (χ0n) is 22.1. The molecular weight excluding hydrogens is 574 g/mol. The van der Waals surface area contributed by atoms with E-state index in [2.05, 4.69) is 91.6 Å². The molecule has 2 N–H and O–H groups in total. The molecule has 0 amide bonds. The van der Waals surface area contributed by atoms with Crippen LogP contribution in [0.3, 0.4) is 0 Å². The predicted octanol–water partition coefficient (Wildman–Crippen LogP) is 9.60. The summed E-state index contributed by atoms with van der Waals surface area (Å²) in [6, 6.07) is 10.5. The number of halogens is 2. The zero-order chi connectivity index (χ0) is 26.2. The van der Waals surface area contributed by atoms with Crippen molar-refractivity contribution in [3.8, 4) is 0 Å². The third-order valence-electron chi connectivity index (χ3n) is 7.07. The van der Waals surface area contributed by atoms with Gasteiger partial charge >= 0.3 is 0 Å². The van der Waals surface area contributed by atoms with E-state index in [4.69, 9.17) is 5.14 Å². The Balaban J connectivity index is 0.000000350. The minimum Gasteiger partial charge on any atom is -0.225 e. The van der Waals surface area contributed by atoms with E-state index in [1.54, 1.807) is 6.07 Å². The molecule has 4 unspecified atom stereocenters. The first-order valence-corrected chi connectivity index (χ1v) is 15.6. The Hall–Kier alpha value is -0.690. The summed E-state index contributed by atoms with van der Waals surface area (Å²) in [5.74, 6) is 1.76. The number of sulfonamides is 1. The average molecular weight is 618 g/mol. The van der Waals surface area contributed by atoms with Gasteiger partial charge in [0.05, 0.1) is 4.90 Å². The minimum absolute atomic E-state index is 0.163. The van der Waals surface area contributed by atoms with Crippen molar-refractivity contribution < 1.29 is 8.42 Å². The molecule has 192 valence electrons. The van der Waals surface area contributed by atoms with Crippen molar-refractivity contribution in [2.45, 2.75) is 110 Å². The summed E-state index contributed by atoms with van der Waals surface area (Å²) in [4.78, 5) is 0.264. The smallest absolute Gasteiger partial charge is 0.225 e. The Bertz CT molecular complexity index is 1040. The number of primary sulfonamides is 1. The van der Waals surface area contributed by atoms with Gasteiger partial charge in [-0.2, -0.15) is 0 Å². The van der Waals surface area contributed by atoms with Crippen molar-refractivity contribution in [2.75, 3.05) is 0 Å². The van der Waals surface area contributed by atoms with Crippen molar-refractivity contribution in [1.29, 1.82) is 0 Å². The van der Waals surface area contributed by atoms with Crippen LogP contribution in [0, 0.1) is 0 Å². The maximum atomic E-state index is 11.8. The maximum Gasteiger partial charge on any atom is 0.238 e. The molecule has 2 aromatic carbocycles. The van der Waals surface area contributed by atoms with Crippen molar-refractivity contribution in [2.24, 2.45) is 5.14 Å². The van der Waals surface area contributed by atoms with Gasteiger partial charge in [0.15, 0.2) is 0 Å². The van der Waals surface area contributed by atoms with Crippen LogP contribution >= 0.6 is 31.9 Å². The van der Waals surface area contributed by atoms with Crippen molar-refractivity contribution in [3.63, 3.8) is 0 Å². The zero-order valence-corrected chi connectivity index (χ0v) is 26.1. The van der Waals surface area contributed by atoms with E-state index in [1.807, 2.05) is 19.9 Å². The molecule has 34 heavy (non-hydrogen) atoms.